The van der Waals surface area contributed by atoms with Crippen LogP contribution in [0.5, 0.6) is 0 Å². The lowest BCUT2D eigenvalue weighted by molar-refractivity contribution is -0.121. The molecular weight excluding hydrogens is 284 g/mol. The van der Waals surface area contributed by atoms with Crippen LogP contribution in [-0.4, -0.2) is 22.2 Å². The van der Waals surface area contributed by atoms with Gasteiger partial charge in [-0.05, 0) is 31.5 Å². The van der Waals surface area contributed by atoms with Gasteiger partial charge in [0.25, 0.3) is 5.56 Å². The quantitative estimate of drug-likeness (QED) is 0.783. The number of nitrogens with one attached hydrogen (secondary N) is 1. The van der Waals surface area contributed by atoms with Crippen molar-refractivity contribution in [2.45, 2.75) is 33.2 Å². The normalized spacial score (nSPS) is 10.6. The number of nitrogen functional groups attached to an aromatic ring is 1. The molecule has 7 heteroatoms. The Morgan fingerprint density at radius 3 is 2.86 bits per heavy atom. The summed E-state index contributed by atoms with van der Waals surface area (Å²) < 4.78 is 6.53. The Morgan fingerprint density at radius 2 is 2.23 bits per heavy atom. The fourth-order valence-electron chi connectivity index (χ4n) is 1.96. The van der Waals surface area contributed by atoms with Gasteiger partial charge >= 0.3 is 0 Å². The van der Waals surface area contributed by atoms with Crippen LogP contribution in [0, 0.1) is 6.92 Å². The van der Waals surface area contributed by atoms with E-state index in [2.05, 4.69) is 10.4 Å². The van der Waals surface area contributed by atoms with Crippen molar-refractivity contribution < 1.29 is 9.21 Å². The van der Waals surface area contributed by atoms with Crippen molar-refractivity contribution in [3.8, 4) is 11.5 Å². The number of hydrogen-bond donors (Lipinski definition) is 2. The number of furan rings is 1. The van der Waals surface area contributed by atoms with Gasteiger partial charge in [-0.3, -0.25) is 9.59 Å². The summed E-state index contributed by atoms with van der Waals surface area (Å²) in [6, 6.07) is 4.99. The van der Waals surface area contributed by atoms with E-state index >= 15 is 0 Å². The standard InChI is InChI=1S/C15H20N4O3/c1-3-4-7-17-14(20)9-19-15(21)11(16)8-12(18-19)13-6-5-10(2)22-13/h5-6,8H,3-4,7,9,16H2,1-2H3,(H,17,20). The summed E-state index contributed by atoms with van der Waals surface area (Å²) >= 11 is 0. The first kappa shape index (κ1) is 15.8. The highest BCUT2D eigenvalue weighted by molar-refractivity contribution is 5.75. The molecule has 0 aliphatic carbocycles. The van der Waals surface area contributed by atoms with Gasteiger partial charge < -0.3 is 15.5 Å². The molecule has 0 saturated carbocycles. The number of nitrogens with two attached hydrogens (primary N) is 1. The lowest BCUT2D eigenvalue weighted by Crippen LogP contribution is -2.35. The zero-order valence-electron chi connectivity index (χ0n) is 12.8. The summed E-state index contributed by atoms with van der Waals surface area (Å²) in [5.41, 5.74) is 5.68. The molecule has 3 N–H and O–H groups in total. The number of carbonyl (C=O) groups is 1. The molecule has 0 unspecified atom stereocenters. The molecule has 2 rings (SSSR count). The van der Waals surface area contributed by atoms with Crippen LogP contribution in [0.2, 0.25) is 0 Å². The fourth-order valence-corrected chi connectivity index (χ4v) is 1.96. The van der Waals surface area contributed by atoms with Gasteiger partial charge in [0.05, 0.1) is 0 Å². The molecule has 22 heavy (non-hydrogen) atoms. The minimum Gasteiger partial charge on any atom is -0.460 e. The Labute approximate surface area is 128 Å². The first-order valence-corrected chi connectivity index (χ1v) is 7.22. The van der Waals surface area contributed by atoms with Crippen LogP contribution < -0.4 is 16.6 Å². The number of aryl methyl sites for hydroxylation is 1. The highest BCUT2D eigenvalue weighted by atomic mass is 16.3. The van der Waals surface area contributed by atoms with Gasteiger partial charge in [0.1, 0.15) is 23.7 Å². The number of rotatable bonds is 6. The van der Waals surface area contributed by atoms with Crippen molar-refractivity contribution in [2.24, 2.45) is 0 Å². The number of anilines is 1. The summed E-state index contributed by atoms with van der Waals surface area (Å²) in [6.45, 7) is 4.26. The van der Waals surface area contributed by atoms with E-state index in [4.69, 9.17) is 10.2 Å². The molecule has 2 aromatic rings. The molecule has 118 valence electrons. The van der Waals surface area contributed by atoms with Crippen molar-refractivity contribution in [3.05, 3.63) is 34.3 Å². The topological polar surface area (TPSA) is 103 Å². The van der Waals surface area contributed by atoms with E-state index in [1.54, 1.807) is 12.1 Å². The van der Waals surface area contributed by atoms with E-state index in [1.165, 1.54) is 6.07 Å². The predicted octanol–water partition coefficient (Wildman–Crippen LogP) is 1.31. The number of nitrogens with zero attached hydrogens (tertiary/aromatic N) is 2. The Kier molecular flexibility index (Phi) is 4.98. The van der Waals surface area contributed by atoms with E-state index in [0.29, 0.717) is 18.0 Å². The van der Waals surface area contributed by atoms with Crippen molar-refractivity contribution in [1.82, 2.24) is 15.1 Å². The molecular formula is C15H20N4O3. The fraction of sp³-hybridized carbons (Fsp3) is 0.400. The molecule has 0 saturated heterocycles. The van der Waals surface area contributed by atoms with Crippen LogP contribution in [0.4, 0.5) is 5.69 Å². The van der Waals surface area contributed by atoms with Crippen molar-refractivity contribution in [3.63, 3.8) is 0 Å². The number of amides is 1. The third kappa shape index (κ3) is 3.75. The second kappa shape index (κ2) is 6.93. The highest BCUT2D eigenvalue weighted by Gasteiger charge is 2.12. The highest BCUT2D eigenvalue weighted by Crippen LogP contribution is 2.19. The third-order valence-electron chi connectivity index (χ3n) is 3.14. The molecule has 0 radical (unpaired) electrons. The Morgan fingerprint density at radius 1 is 1.45 bits per heavy atom. The maximum Gasteiger partial charge on any atom is 0.290 e. The van der Waals surface area contributed by atoms with E-state index in [-0.39, 0.29) is 18.1 Å². The lowest BCUT2D eigenvalue weighted by Gasteiger charge is -2.08. The SMILES string of the molecule is CCCCNC(=O)Cn1nc(-c2ccc(C)o2)cc(N)c1=O. The van der Waals surface area contributed by atoms with Crippen molar-refractivity contribution in [1.29, 1.82) is 0 Å². The Bertz CT molecular complexity index is 718. The molecule has 0 aliphatic rings. The van der Waals surface area contributed by atoms with E-state index < -0.39 is 5.56 Å². The first-order chi connectivity index (χ1) is 10.5. The van der Waals surface area contributed by atoms with Crippen LogP contribution in [0.3, 0.4) is 0 Å². The van der Waals surface area contributed by atoms with Crippen molar-refractivity contribution >= 4 is 11.6 Å². The average molecular weight is 304 g/mol. The summed E-state index contributed by atoms with van der Waals surface area (Å²) in [5.74, 6) is 0.963. The minimum atomic E-state index is -0.488. The largest absolute Gasteiger partial charge is 0.460 e. The van der Waals surface area contributed by atoms with E-state index in [0.717, 1.165) is 23.3 Å². The maximum absolute atomic E-state index is 12.0. The van der Waals surface area contributed by atoms with E-state index in [9.17, 15) is 9.59 Å². The summed E-state index contributed by atoms with van der Waals surface area (Å²) in [6.07, 6.45) is 1.88. The number of hydrogen-bond acceptors (Lipinski definition) is 5. The molecule has 0 atom stereocenters. The molecule has 0 aliphatic heterocycles. The van der Waals surface area contributed by atoms with Gasteiger partial charge in [-0.1, -0.05) is 13.3 Å². The van der Waals surface area contributed by atoms with Gasteiger partial charge in [0, 0.05) is 6.54 Å². The zero-order chi connectivity index (χ0) is 16.1. The monoisotopic (exact) mass is 304 g/mol. The lowest BCUT2D eigenvalue weighted by atomic mass is 10.3. The van der Waals surface area contributed by atoms with Crippen LogP contribution in [0.25, 0.3) is 11.5 Å². The molecule has 1 amide bonds. The number of unbranched alkanes of at least 4 members (excludes halogenated alkanes) is 1. The third-order valence-corrected chi connectivity index (χ3v) is 3.14. The molecule has 2 heterocycles. The zero-order valence-corrected chi connectivity index (χ0v) is 12.8. The van der Waals surface area contributed by atoms with Crippen LogP contribution in [0.1, 0.15) is 25.5 Å². The molecule has 0 fully saturated rings. The second-order valence-corrected chi connectivity index (χ2v) is 5.06. The molecule has 0 bridgehead atoms. The molecule has 0 aromatic carbocycles. The average Bonchev–Trinajstić information content (AvgIpc) is 2.90. The minimum absolute atomic E-state index is 0.0282. The van der Waals surface area contributed by atoms with Crippen LogP contribution in [-0.2, 0) is 11.3 Å². The molecule has 0 spiro atoms. The summed E-state index contributed by atoms with van der Waals surface area (Å²) in [4.78, 5) is 23.8. The Hall–Kier alpha value is -2.57. The first-order valence-electron chi connectivity index (χ1n) is 7.22. The van der Waals surface area contributed by atoms with Crippen LogP contribution >= 0.6 is 0 Å². The smallest absolute Gasteiger partial charge is 0.290 e. The Balaban J connectivity index is 2.22. The molecule has 7 nitrogen and oxygen atoms in total. The molecule has 2 aromatic heterocycles. The van der Waals surface area contributed by atoms with E-state index in [1.807, 2.05) is 13.8 Å². The summed E-state index contributed by atoms with van der Waals surface area (Å²) in [5, 5.41) is 6.89. The van der Waals surface area contributed by atoms with Crippen molar-refractivity contribution in [2.75, 3.05) is 12.3 Å². The predicted molar refractivity (Wildman–Crippen MR) is 83.3 cm³/mol. The second-order valence-electron chi connectivity index (χ2n) is 5.06. The number of aromatic nitrogens is 2. The van der Waals surface area contributed by atoms with Gasteiger partial charge in [0.15, 0.2) is 5.76 Å². The number of carbonyl (C=O) groups excluding carboxylic acids is 1. The summed E-state index contributed by atoms with van der Waals surface area (Å²) in [7, 11) is 0. The maximum atomic E-state index is 12.0. The van der Waals surface area contributed by atoms with Crippen LogP contribution in [0.15, 0.2) is 27.4 Å². The van der Waals surface area contributed by atoms with Gasteiger partial charge in [0.2, 0.25) is 5.91 Å². The van der Waals surface area contributed by atoms with Gasteiger partial charge in [-0.2, -0.15) is 5.10 Å². The van der Waals surface area contributed by atoms with Gasteiger partial charge in [-0.15, -0.1) is 0 Å². The van der Waals surface area contributed by atoms with Gasteiger partial charge in [-0.25, -0.2) is 4.68 Å².